The maximum atomic E-state index is 12.9. The van der Waals surface area contributed by atoms with Gasteiger partial charge < -0.3 is 10.6 Å². The Morgan fingerprint density at radius 2 is 1.78 bits per heavy atom. The molecule has 0 bridgehead atoms. The Hall–Kier alpha value is -1.16. The van der Waals surface area contributed by atoms with E-state index in [0.717, 1.165) is 11.5 Å². The molecule has 1 aliphatic rings. The summed E-state index contributed by atoms with van der Waals surface area (Å²) in [5, 5.41) is 7.35. The molecule has 0 heterocycles. The summed E-state index contributed by atoms with van der Waals surface area (Å²) in [6.45, 7) is 7.70. The Kier molecular flexibility index (Phi) is 6.40. The molecule has 0 atom stereocenters. The minimum atomic E-state index is -0.207. The molecule has 1 aromatic rings. The average Bonchev–Trinajstić information content (AvgIpc) is 2.55. The maximum Gasteiger partial charge on any atom is 0.166 e. The van der Waals surface area contributed by atoms with Crippen molar-refractivity contribution in [3.8, 4) is 0 Å². The minimum Gasteiger partial charge on any atom is -0.360 e. The molecule has 0 aliphatic heterocycles. The fourth-order valence-corrected chi connectivity index (χ4v) is 3.57. The molecule has 0 aromatic heterocycles. The molecule has 23 heavy (non-hydrogen) atoms. The summed E-state index contributed by atoms with van der Waals surface area (Å²) >= 11 is 5.39. The molecule has 2 rings (SSSR count). The van der Waals surface area contributed by atoms with Gasteiger partial charge in [0.25, 0.3) is 0 Å². The van der Waals surface area contributed by atoms with E-state index in [-0.39, 0.29) is 5.82 Å². The summed E-state index contributed by atoms with van der Waals surface area (Å²) in [5.74, 6) is 0.618. The van der Waals surface area contributed by atoms with E-state index in [2.05, 4.69) is 31.4 Å². The van der Waals surface area contributed by atoms with Crippen LogP contribution in [0.3, 0.4) is 0 Å². The predicted octanol–water partition coefficient (Wildman–Crippen LogP) is 4.78. The Bertz CT molecular complexity index is 505. The van der Waals surface area contributed by atoms with Crippen LogP contribution in [0.2, 0.25) is 0 Å². The van der Waals surface area contributed by atoms with Gasteiger partial charge >= 0.3 is 0 Å². The van der Waals surface area contributed by atoms with E-state index in [9.17, 15) is 4.39 Å². The lowest BCUT2D eigenvalue weighted by molar-refractivity contribution is 0.141. The molecule has 2 nitrogen and oxygen atoms in total. The lowest BCUT2D eigenvalue weighted by atomic mass is 9.69. The Balaban J connectivity index is 1.71. The highest BCUT2D eigenvalue weighted by atomic mass is 32.1. The van der Waals surface area contributed by atoms with Crippen molar-refractivity contribution in [1.82, 2.24) is 10.6 Å². The monoisotopic (exact) mass is 336 g/mol. The predicted molar refractivity (Wildman–Crippen MR) is 98.8 cm³/mol. The summed E-state index contributed by atoms with van der Waals surface area (Å²) in [6.07, 6.45) is 6.17. The van der Waals surface area contributed by atoms with E-state index >= 15 is 0 Å². The van der Waals surface area contributed by atoms with Crippen LogP contribution < -0.4 is 10.6 Å². The number of hydrogen-bond donors (Lipinski definition) is 2. The zero-order chi connectivity index (χ0) is 16.9. The summed E-state index contributed by atoms with van der Waals surface area (Å²) in [5.41, 5.74) is 1.48. The van der Waals surface area contributed by atoms with Crippen molar-refractivity contribution in [3.63, 3.8) is 0 Å². The third-order valence-corrected chi connectivity index (χ3v) is 5.71. The quantitative estimate of drug-likeness (QED) is 0.756. The second kappa shape index (κ2) is 8.09. The number of hydrogen-bond acceptors (Lipinski definition) is 1. The first-order valence-electron chi connectivity index (χ1n) is 8.69. The molecule has 0 unspecified atom stereocenters. The standard InChI is InChI=1S/C19H29FN2S/c1-4-19(2,3)15-7-11-17(12-8-15)22-18(23)21-13-14-5-9-16(20)10-6-14/h5-6,9-10,15,17H,4,7-8,11-13H2,1-3H3,(H2,21,22,23). The van der Waals surface area contributed by atoms with Crippen molar-refractivity contribution in [3.05, 3.63) is 35.6 Å². The molecular weight excluding hydrogens is 307 g/mol. The van der Waals surface area contributed by atoms with Crippen molar-refractivity contribution in [2.75, 3.05) is 0 Å². The topological polar surface area (TPSA) is 24.1 Å². The highest BCUT2D eigenvalue weighted by molar-refractivity contribution is 7.80. The third-order valence-electron chi connectivity index (χ3n) is 5.45. The van der Waals surface area contributed by atoms with Crippen LogP contribution in [0.1, 0.15) is 58.4 Å². The summed E-state index contributed by atoms with van der Waals surface area (Å²) in [6, 6.07) is 6.99. The van der Waals surface area contributed by atoms with Gasteiger partial charge in [0.05, 0.1) is 0 Å². The van der Waals surface area contributed by atoms with Crippen LogP contribution in [0, 0.1) is 17.2 Å². The molecule has 0 amide bonds. The molecular formula is C19H29FN2S. The number of benzene rings is 1. The lowest BCUT2D eigenvalue weighted by Crippen LogP contribution is -2.44. The van der Waals surface area contributed by atoms with Crippen LogP contribution in [0.25, 0.3) is 0 Å². The second-order valence-electron chi connectivity index (χ2n) is 7.34. The van der Waals surface area contributed by atoms with E-state index in [0.29, 0.717) is 23.1 Å². The van der Waals surface area contributed by atoms with Gasteiger partial charge in [-0.2, -0.15) is 0 Å². The van der Waals surface area contributed by atoms with Crippen molar-refractivity contribution < 1.29 is 4.39 Å². The van der Waals surface area contributed by atoms with Crippen molar-refractivity contribution in [1.29, 1.82) is 0 Å². The van der Waals surface area contributed by atoms with E-state index in [1.54, 1.807) is 12.1 Å². The number of thiocarbonyl (C=S) groups is 1. The highest BCUT2D eigenvalue weighted by Gasteiger charge is 2.31. The fraction of sp³-hybridized carbons (Fsp3) is 0.632. The SMILES string of the molecule is CCC(C)(C)C1CCC(NC(=S)NCc2ccc(F)cc2)CC1. The van der Waals surface area contributed by atoms with Gasteiger partial charge in [-0.3, -0.25) is 0 Å². The van der Waals surface area contributed by atoms with Gasteiger partial charge in [-0.15, -0.1) is 0 Å². The van der Waals surface area contributed by atoms with Gasteiger partial charge in [0.2, 0.25) is 0 Å². The smallest absolute Gasteiger partial charge is 0.166 e. The molecule has 1 saturated carbocycles. The fourth-order valence-electron chi connectivity index (χ4n) is 3.33. The van der Waals surface area contributed by atoms with Gasteiger partial charge in [0.15, 0.2) is 5.11 Å². The van der Waals surface area contributed by atoms with E-state index in [1.807, 2.05) is 0 Å². The van der Waals surface area contributed by atoms with E-state index in [1.165, 1.54) is 44.2 Å². The molecule has 4 heteroatoms. The molecule has 1 fully saturated rings. The molecule has 128 valence electrons. The first kappa shape index (κ1) is 18.2. The maximum absolute atomic E-state index is 12.9. The van der Waals surface area contributed by atoms with Crippen LogP contribution in [0.5, 0.6) is 0 Å². The van der Waals surface area contributed by atoms with Crippen LogP contribution in [-0.2, 0) is 6.54 Å². The molecule has 1 aliphatic carbocycles. The first-order valence-corrected chi connectivity index (χ1v) is 9.10. The molecule has 1 aromatic carbocycles. The van der Waals surface area contributed by atoms with Gasteiger partial charge in [0.1, 0.15) is 5.82 Å². The van der Waals surface area contributed by atoms with Crippen LogP contribution >= 0.6 is 12.2 Å². The largest absolute Gasteiger partial charge is 0.360 e. The van der Waals surface area contributed by atoms with Gasteiger partial charge in [-0.1, -0.05) is 39.3 Å². The third kappa shape index (κ3) is 5.45. The Morgan fingerprint density at radius 3 is 2.35 bits per heavy atom. The lowest BCUT2D eigenvalue weighted by Gasteiger charge is -2.39. The van der Waals surface area contributed by atoms with E-state index < -0.39 is 0 Å². The Labute approximate surface area is 145 Å². The first-order chi connectivity index (χ1) is 10.9. The normalized spacial score (nSPS) is 21.7. The summed E-state index contributed by atoms with van der Waals surface area (Å²) < 4.78 is 12.9. The number of nitrogens with one attached hydrogen (secondary N) is 2. The summed E-state index contributed by atoms with van der Waals surface area (Å²) in [4.78, 5) is 0. The van der Waals surface area contributed by atoms with Crippen LogP contribution in [0.15, 0.2) is 24.3 Å². The number of rotatable bonds is 5. The molecule has 0 saturated heterocycles. The van der Waals surface area contributed by atoms with Crippen molar-refractivity contribution in [2.45, 2.75) is 65.5 Å². The van der Waals surface area contributed by atoms with Gasteiger partial charge in [-0.05, 0) is 66.9 Å². The van der Waals surface area contributed by atoms with Crippen LogP contribution in [0.4, 0.5) is 4.39 Å². The van der Waals surface area contributed by atoms with Crippen molar-refractivity contribution in [2.24, 2.45) is 11.3 Å². The number of halogens is 1. The summed E-state index contributed by atoms with van der Waals surface area (Å²) in [7, 11) is 0. The zero-order valence-corrected chi connectivity index (χ0v) is 15.3. The highest BCUT2D eigenvalue weighted by Crippen LogP contribution is 2.40. The average molecular weight is 337 g/mol. The molecule has 0 spiro atoms. The zero-order valence-electron chi connectivity index (χ0n) is 14.5. The molecule has 2 N–H and O–H groups in total. The van der Waals surface area contributed by atoms with E-state index in [4.69, 9.17) is 12.2 Å². The Morgan fingerprint density at radius 1 is 1.17 bits per heavy atom. The van der Waals surface area contributed by atoms with Crippen molar-refractivity contribution >= 4 is 17.3 Å². The van der Waals surface area contributed by atoms with Gasteiger partial charge in [0, 0.05) is 12.6 Å². The van der Waals surface area contributed by atoms with Gasteiger partial charge in [-0.25, -0.2) is 4.39 Å². The molecule has 0 radical (unpaired) electrons. The van der Waals surface area contributed by atoms with Crippen LogP contribution in [-0.4, -0.2) is 11.2 Å². The minimum absolute atomic E-state index is 0.207. The second-order valence-corrected chi connectivity index (χ2v) is 7.75.